The zero-order chi connectivity index (χ0) is 25.4. The van der Waals surface area contributed by atoms with Crippen molar-refractivity contribution in [2.45, 2.75) is 81.3 Å². The smallest absolute Gasteiger partial charge is 0.229 e. The van der Waals surface area contributed by atoms with Gasteiger partial charge in [-0.2, -0.15) is 0 Å². The van der Waals surface area contributed by atoms with Crippen LogP contribution in [-0.2, 0) is 14.6 Å². The van der Waals surface area contributed by atoms with Gasteiger partial charge in [-0.25, -0.2) is 23.2 Å². The summed E-state index contributed by atoms with van der Waals surface area (Å²) < 4.78 is 37.8. The first-order chi connectivity index (χ1) is 16.5. The number of nitrogens with zero attached hydrogens (tertiary/aromatic N) is 3. The van der Waals surface area contributed by atoms with Crippen LogP contribution >= 0.6 is 0 Å². The molecule has 0 aromatic heterocycles. The van der Waals surface area contributed by atoms with Crippen LogP contribution in [0.3, 0.4) is 0 Å². The fourth-order valence-electron chi connectivity index (χ4n) is 6.13. The van der Waals surface area contributed by atoms with Crippen molar-refractivity contribution in [3.05, 3.63) is 0 Å². The summed E-state index contributed by atoms with van der Waals surface area (Å²) in [4.78, 5) is 18.3. The van der Waals surface area contributed by atoms with Crippen molar-refractivity contribution in [1.29, 1.82) is 0 Å². The third-order valence-corrected chi connectivity index (χ3v) is 10.9. The van der Waals surface area contributed by atoms with Crippen LogP contribution in [0.1, 0.15) is 46.0 Å². The number of nitrogens with two attached hydrogens (primary N) is 1. The lowest BCUT2D eigenvalue weighted by molar-refractivity contribution is -0.128. The van der Waals surface area contributed by atoms with Crippen LogP contribution in [0.2, 0.25) is 0 Å². The van der Waals surface area contributed by atoms with Crippen molar-refractivity contribution in [2.24, 2.45) is 11.7 Å². The number of hydrogen-bond donors (Lipinski definition) is 4. The van der Waals surface area contributed by atoms with E-state index in [0.29, 0.717) is 25.9 Å². The Labute approximate surface area is 209 Å². The highest BCUT2D eigenvalue weighted by molar-refractivity contribution is 7.92. The van der Waals surface area contributed by atoms with Crippen molar-refractivity contribution < 1.29 is 17.6 Å². The molecule has 10 nitrogen and oxygen atoms in total. The number of rotatable bonds is 7. The summed E-state index contributed by atoms with van der Waals surface area (Å²) in [5.41, 5.74) is 9.34. The molecule has 4 heterocycles. The Hall–Kier alpha value is -0.890. The third kappa shape index (κ3) is 5.83. The number of carbonyl (C=O) groups is 1. The van der Waals surface area contributed by atoms with Gasteiger partial charge in [0.25, 0.3) is 0 Å². The van der Waals surface area contributed by atoms with E-state index in [4.69, 9.17) is 5.73 Å². The van der Waals surface area contributed by atoms with Crippen molar-refractivity contribution in [1.82, 2.24) is 30.9 Å². The van der Waals surface area contributed by atoms with E-state index in [1.54, 1.807) is 5.01 Å². The molecule has 0 spiro atoms. The zero-order valence-corrected chi connectivity index (χ0v) is 22.2. The molecule has 6 unspecified atom stereocenters. The largest absolute Gasteiger partial charge is 0.350 e. The molecule has 4 rings (SSSR count). The fourth-order valence-corrected chi connectivity index (χ4v) is 7.05. The van der Waals surface area contributed by atoms with E-state index < -0.39 is 32.8 Å². The summed E-state index contributed by atoms with van der Waals surface area (Å²) in [7, 11) is -3.13. The maximum absolute atomic E-state index is 13.8. The number of hydrogen-bond acceptors (Lipinski definition) is 9. The minimum absolute atomic E-state index is 0.0746. The van der Waals surface area contributed by atoms with Gasteiger partial charge in [-0.15, -0.1) is 0 Å². The van der Waals surface area contributed by atoms with Gasteiger partial charge in [0.15, 0.2) is 9.84 Å². The molecule has 6 atom stereocenters. The van der Waals surface area contributed by atoms with Gasteiger partial charge < -0.3 is 16.0 Å². The Morgan fingerprint density at radius 2 is 1.94 bits per heavy atom. The molecule has 12 heteroatoms. The molecule has 0 saturated carbocycles. The molecule has 202 valence electrons. The molecule has 4 aliphatic rings. The first-order valence-electron chi connectivity index (χ1n) is 13.1. The number of halogens is 1. The lowest BCUT2D eigenvalue weighted by atomic mass is 9.91. The molecule has 0 aromatic rings. The van der Waals surface area contributed by atoms with Crippen molar-refractivity contribution in [3.63, 3.8) is 0 Å². The number of likely N-dealkylation sites (tertiary alicyclic amines) is 2. The van der Waals surface area contributed by atoms with Crippen LogP contribution < -0.4 is 21.8 Å². The molecule has 35 heavy (non-hydrogen) atoms. The Balaban J connectivity index is 1.45. The minimum atomic E-state index is -3.13. The number of hydrazine groups is 1. The molecule has 1 amide bonds. The average molecular weight is 518 g/mol. The van der Waals surface area contributed by atoms with Crippen LogP contribution in [0.5, 0.6) is 0 Å². The Morgan fingerprint density at radius 3 is 2.60 bits per heavy atom. The number of unbranched alkanes of at least 4 members (excludes halogenated alkanes) is 1. The standard InChI is InChI=1S/C23H44FN7O3S/c1-4-5-9-29-10-6-18(30-11-7-23(2,8-12-30)35(3,33)34)17(15-29)27-22(32)19-20(25)28-31-14-16(24)13-26-21(19)31/h16-21,26,28H,4-15,25H2,1-3H3,(H,27,32). The van der Waals surface area contributed by atoms with Crippen LogP contribution in [0, 0.1) is 5.92 Å². The summed E-state index contributed by atoms with van der Waals surface area (Å²) in [6, 6.07) is 0.0756. The highest BCUT2D eigenvalue weighted by Gasteiger charge is 2.48. The van der Waals surface area contributed by atoms with Crippen LogP contribution in [0.15, 0.2) is 0 Å². The number of carbonyl (C=O) groups excluding carboxylic acids is 1. The van der Waals surface area contributed by atoms with Crippen LogP contribution in [0.4, 0.5) is 4.39 Å². The minimum Gasteiger partial charge on any atom is -0.350 e. The molecular formula is C23H44FN7O3S. The Morgan fingerprint density at radius 1 is 1.23 bits per heavy atom. The van der Waals surface area contributed by atoms with Gasteiger partial charge in [0, 0.05) is 45.0 Å². The molecule has 0 aliphatic carbocycles. The summed E-state index contributed by atoms with van der Waals surface area (Å²) in [6.45, 7) is 8.59. The van der Waals surface area contributed by atoms with Gasteiger partial charge in [-0.05, 0) is 45.7 Å². The maximum Gasteiger partial charge on any atom is 0.229 e. The highest BCUT2D eigenvalue weighted by Crippen LogP contribution is 2.32. The first-order valence-corrected chi connectivity index (χ1v) is 15.0. The lowest BCUT2D eigenvalue weighted by Gasteiger charge is -2.48. The van der Waals surface area contributed by atoms with Gasteiger partial charge in [-0.3, -0.25) is 15.0 Å². The quantitative estimate of drug-likeness (QED) is 0.345. The number of alkyl halides is 1. The van der Waals surface area contributed by atoms with E-state index in [1.807, 2.05) is 6.92 Å². The second-order valence-electron chi connectivity index (χ2n) is 11.2. The number of sulfone groups is 1. The van der Waals surface area contributed by atoms with Crippen LogP contribution in [0.25, 0.3) is 0 Å². The normalized spacial score (nSPS) is 37.2. The first kappa shape index (κ1) is 27.2. The van der Waals surface area contributed by atoms with Crippen molar-refractivity contribution >= 4 is 15.7 Å². The SMILES string of the molecule is CCCCN1CCC(N2CCC(C)(S(C)(=O)=O)CC2)C(NC(=O)C2C(N)NN3CC(F)CNC23)C1. The molecule has 4 saturated heterocycles. The Bertz CT molecular complexity index is 854. The third-order valence-electron chi connectivity index (χ3n) is 8.66. The molecule has 4 fully saturated rings. The summed E-state index contributed by atoms with van der Waals surface area (Å²) in [6.07, 6.45) is 3.79. The van der Waals surface area contributed by atoms with E-state index in [0.717, 1.165) is 38.9 Å². The number of amides is 1. The molecule has 0 radical (unpaired) electrons. The molecule has 4 aliphatic heterocycles. The second-order valence-corrected chi connectivity index (χ2v) is 13.7. The van der Waals surface area contributed by atoms with E-state index in [-0.39, 0.29) is 37.2 Å². The maximum atomic E-state index is 13.8. The van der Waals surface area contributed by atoms with Crippen LogP contribution in [-0.4, -0.2) is 117 Å². The zero-order valence-electron chi connectivity index (χ0n) is 21.4. The average Bonchev–Trinajstić information content (AvgIpc) is 3.12. The predicted octanol–water partition coefficient (Wildman–Crippen LogP) is -0.767. The molecule has 0 aromatic carbocycles. The van der Waals surface area contributed by atoms with Crippen molar-refractivity contribution in [3.8, 4) is 0 Å². The van der Waals surface area contributed by atoms with Gasteiger partial charge >= 0.3 is 0 Å². The lowest BCUT2D eigenvalue weighted by Crippen LogP contribution is -2.65. The number of piperidine rings is 2. The predicted molar refractivity (Wildman–Crippen MR) is 134 cm³/mol. The van der Waals surface area contributed by atoms with Gasteiger partial charge in [-0.1, -0.05) is 13.3 Å². The summed E-state index contributed by atoms with van der Waals surface area (Å²) in [5, 5.41) is 8.17. The van der Waals surface area contributed by atoms with Gasteiger partial charge in [0.1, 0.15) is 6.17 Å². The second kappa shape index (κ2) is 10.8. The summed E-state index contributed by atoms with van der Waals surface area (Å²) >= 11 is 0. The van der Waals surface area contributed by atoms with E-state index in [9.17, 15) is 17.6 Å². The molecule has 0 bridgehead atoms. The highest BCUT2D eigenvalue weighted by atomic mass is 32.2. The van der Waals surface area contributed by atoms with Crippen molar-refractivity contribution in [2.75, 3.05) is 52.1 Å². The van der Waals surface area contributed by atoms with E-state index in [2.05, 4.69) is 32.8 Å². The van der Waals surface area contributed by atoms with Gasteiger partial charge in [0.2, 0.25) is 5.91 Å². The topological polar surface area (TPSA) is 123 Å². The summed E-state index contributed by atoms with van der Waals surface area (Å²) in [5.74, 6) is -0.642. The Kier molecular flexibility index (Phi) is 8.41. The molecular weight excluding hydrogens is 473 g/mol. The number of nitrogens with one attached hydrogen (secondary N) is 3. The monoisotopic (exact) mass is 517 g/mol. The van der Waals surface area contributed by atoms with E-state index >= 15 is 0 Å². The van der Waals surface area contributed by atoms with Gasteiger partial charge in [0.05, 0.1) is 29.0 Å². The fraction of sp³-hybridized carbons (Fsp3) is 0.957. The number of fused-ring (bicyclic) bond motifs is 1. The molecule has 5 N–H and O–H groups in total. The van der Waals surface area contributed by atoms with E-state index in [1.165, 1.54) is 6.26 Å².